The minimum absolute atomic E-state index is 0.106. The summed E-state index contributed by atoms with van der Waals surface area (Å²) in [6, 6.07) is 11.0. The quantitative estimate of drug-likeness (QED) is 0.858. The third-order valence-corrected chi connectivity index (χ3v) is 5.32. The lowest BCUT2D eigenvalue weighted by Gasteiger charge is -2.35. The molecule has 1 atom stereocenters. The number of piperazine rings is 1. The summed E-state index contributed by atoms with van der Waals surface area (Å²) in [5, 5.41) is 3.18. The van der Waals surface area contributed by atoms with Crippen LogP contribution in [0.2, 0.25) is 0 Å². The fraction of sp³-hybridized carbons (Fsp3) is 0.650. The lowest BCUT2D eigenvalue weighted by molar-refractivity contribution is 0.137. The number of benzene rings is 1. The van der Waals surface area contributed by atoms with Crippen LogP contribution in [0.25, 0.3) is 0 Å². The second-order valence-corrected chi connectivity index (χ2v) is 7.42. The Bertz CT molecular complexity index is 522. The average molecular weight is 345 g/mol. The maximum absolute atomic E-state index is 12.4. The number of amides is 2. The Balaban J connectivity index is 1.34. The maximum atomic E-state index is 12.4. The number of nitrogens with zero attached hydrogens (tertiary/aromatic N) is 3. The number of nitrogens with one attached hydrogen (secondary N) is 1. The smallest absolute Gasteiger partial charge is 0.317 e. The zero-order valence-corrected chi connectivity index (χ0v) is 15.5. The fourth-order valence-corrected chi connectivity index (χ4v) is 3.81. The molecule has 5 nitrogen and oxygen atoms in total. The van der Waals surface area contributed by atoms with Crippen LogP contribution in [0.3, 0.4) is 0 Å². The summed E-state index contributed by atoms with van der Waals surface area (Å²) in [4.78, 5) is 19.3. The van der Waals surface area contributed by atoms with Crippen LogP contribution in [0.15, 0.2) is 30.3 Å². The highest BCUT2D eigenvalue weighted by molar-refractivity contribution is 5.74. The topological polar surface area (TPSA) is 38.8 Å². The van der Waals surface area contributed by atoms with E-state index in [1.807, 2.05) is 4.90 Å². The minimum atomic E-state index is 0.106. The van der Waals surface area contributed by atoms with Crippen LogP contribution in [0.5, 0.6) is 0 Å². The van der Waals surface area contributed by atoms with Crippen molar-refractivity contribution in [1.29, 1.82) is 0 Å². The van der Waals surface area contributed by atoms with E-state index in [1.54, 1.807) is 0 Å². The number of carbonyl (C=O) groups is 1. The van der Waals surface area contributed by atoms with Crippen LogP contribution in [0.4, 0.5) is 4.79 Å². The molecule has 2 saturated heterocycles. The van der Waals surface area contributed by atoms with E-state index in [0.29, 0.717) is 0 Å². The van der Waals surface area contributed by atoms with Gasteiger partial charge < -0.3 is 15.1 Å². The number of hydrogen-bond acceptors (Lipinski definition) is 3. The van der Waals surface area contributed by atoms with Gasteiger partial charge in [0.25, 0.3) is 0 Å². The van der Waals surface area contributed by atoms with E-state index < -0.39 is 0 Å². The third-order valence-electron chi connectivity index (χ3n) is 5.32. The average Bonchev–Trinajstić information content (AvgIpc) is 3.14. The van der Waals surface area contributed by atoms with E-state index in [2.05, 4.69) is 52.4 Å². The van der Waals surface area contributed by atoms with Crippen LogP contribution < -0.4 is 5.32 Å². The van der Waals surface area contributed by atoms with Crippen molar-refractivity contribution in [3.63, 3.8) is 0 Å². The molecule has 0 spiro atoms. The third kappa shape index (κ3) is 5.72. The molecule has 2 fully saturated rings. The van der Waals surface area contributed by atoms with E-state index in [-0.39, 0.29) is 12.1 Å². The molecular weight excluding hydrogens is 312 g/mol. The minimum Gasteiger partial charge on any atom is -0.334 e. The Kier molecular flexibility index (Phi) is 6.70. The van der Waals surface area contributed by atoms with Crippen LogP contribution >= 0.6 is 0 Å². The molecule has 2 aliphatic rings. The molecule has 5 heteroatoms. The van der Waals surface area contributed by atoms with Gasteiger partial charge in [0.05, 0.1) is 0 Å². The summed E-state index contributed by atoms with van der Waals surface area (Å²) in [5.74, 6) is 0. The van der Waals surface area contributed by atoms with Gasteiger partial charge in [-0.05, 0) is 44.8 Å². The van der Waals surface area contributed by atoms with Crippen LogP contribution in [0, 0.1) is 0 Å². The van der Waals surface area contributed by atoms with Crippen molar-refractivity contribution >= 4 is 6.03 Å². The number of rotatable bonds is 6. The molecule has 2 amide bonds. The van der Waals surface area contributed by atoms with Crippen molar-refractivity contribution in [3.8, 4) is 0 Å². The normalized spacial score (nSPS) is 20.6. The first-order chi connectivity index (χ1) is 12.2. The Morgan fingerprint density at radius 2 is 1.68 bits per heavy atom. The Labute approximate surface area is 152 Å². The molecule has 25 heavy (non-hydrogen) atoms. The van der Waals surface area contributed by atoms with Crippen molar-refractivity contribution in [1.82, 2.24) is 20.0 Å². The molecule has 0 bridgehead atoms. The SMILES string of the molecule is C[C@@H](CN1CCCC1)NC(=O)N1CCN(CCc2ccccc2)CC1. The van der Waals surface area contributed by atoms with Crippen LogP contribution in [-0.4, -0.2) is 79.1 Å². The van der Waals surface area contributed by atoms with Crippen molar-refractivity contribution in [2.45, 2.75) is 32.2 Å². The van der Waals surface area contributed by atoms with Crippen LogP contribution in [-0.2, 0) is 6.42 Å². The van der Waals surface area contributed by atoms with Crippen LogP contribution in [0.1, 0.15) is 25.3 Å². The van der Waals surface area contributed by atoms with Gasteiger partial charge in [0.1, 0.15) is 0 Å². The van der Waals surface area contributed by atoms with E-state index in [9.17, 15) is 4.79 Å². The van der Waals surface area contributed by atoms with Gasteiger partial charge in [-0.3, -0.25) is 4.90 Å². The van der Waals surface area contributed by atoms with Gasteiger partial charge in [-0.1, -0.05) is 30.3 Å². The van der Waals surface area contributed by atoms with Gasteiger partial charge in [-0.15, -0.1) is 0 Å². The zero-order valence-electron chi connectivity index (χ0n) is 15.5. The number of likely N-dealkylation sites (tertiary alicyclic amines) is 1. The molecule has 0 radical (unpaired) electrons. The Hall–Kier alpha value is -1.59. The predicted octanol–water partition coefficient (Wildman–Crippen LogP) is 2.04. The van der Waals surface area contributed by atoms with E-state index >= 15 is 0 Å². The maximum Gasteiger partial charge on any atom is 0.317 e. The largest absolute Gasteiger partial charge is 0.334 e. The van der Waals surface area contributed by atoms with Gasteiger partial charge in [0, 0.05) is 45.3 Å². The van der Waals surface area contributed by atoms with Crippen molar-refractivity contribution < 1.29 is 4.79 Å². The highest BCUT2D eigenvalue weighted by Gasteiger charge is 2.23. The molecule has 1 aromatic carbocycles. The first kappa shape index (κ1) is 18.2. The van der Waals surface area contributed by atoms with Gasteiger partial charge >= 0.3 is 6.03 Å². The van der Waals surface area contributed by atoms with Crippen molar-refractivity contribution in [2.75, 3.05) is 52.4 Å². The number of urea groups is 1. The molecule has 2 heterocycles. The molecule has 1 N–H and O–H groups in total. The Morgan fingerprint density at radius 3 is 2.36 bits per heavy atom. The standard InChI is InChI=1S/C20H32N4O/c1-18(17-23-10-5-6-11-23)21-20(25)24-15-13-22(14-16-24)12-9-19-7-3-2-4-8-19/h2-4,7-8,18H,5-6,9-17H2,1H3,(H,21,25)/t18-/m0/s1. The van der Waals surface area contributed by atoms with Gasteiger partial charge in [0.2, 0.25) is 0 Å². The zero-order chi connectivity index (χ0) is 17.5. The summed E-state index contributed by atoms with van der Waals surface area (Å²) in [6.45, 7) is 10.1. The van der Waals surface area contributed by atoms with E-state index in [4.69, 9.17) is 0 Å². The predicted molar refractivity (Wildman–Crippen MR) is 102 cm³/mol. The van der Waals surface area contributed by atoms with Gasteiger partial charge in [-0.2, -0.15) is 0 Å². The summed E-state index contributed by atoms with van der Waals surface area (Å²) in [5.41, 5.74) is 1.39. The first-order valence-electron chi connectivity index (χ1n) is 9.75. The molecule has 138 valence electrons. The molecule has 3 rings (SSSR count). The lowest BCUT2D eigenvalue weighted by atomic mass is 10.1. The van der Waals surface area contributed by atoms with Crippen molar-refractivity contribution in [3.05, 3.63) is 35.9 Å². The molecular formula is C20H32N4O. The highest BCUT2D eigenvalue weighted by Crippen LogP contribution is 2.09. The summed E-state index contributed by atoms with van der Waals surface area (Å²) >= 11 is 0. The second-order valence-electron chi connectivity index (χ2n) is 7.42. The van der Waals surface area contributed by atoms with Gasteiger partial charge in [-0.25, -0.2) is 4.79 Å². The lowest BCUT2D eigenvalue weighted by Crippen LogP contribution is -2.54. The molecule has 0 aliphatic carbocycles. The first-order valence-corrected chi connectivity index (χ1v) is 9.75. The highest BCUT2D eigenvalue weighted by atomic mass is 16.2. The monoisotopic (exact) mass is 344 g/mol. The molecule has 1 aromatic rings. The number of hydrogen-bond donors (Lipinski definition) is 1. The summed E-state index contributed by atoms with van der Waals surface area (Å²) in [7, 11) is 0. The van der Waals surface area contributed by atoms with Crippen molar-refractivity contribution in [2.24, 2.45) is 0 Å². The van der Waals surface area contributed by atoms with Gasteiger partial charge in [0.15, 0.2) is 0 Å². The summed E-state index contributed by atoms with van der Waals surface area (Å²) in [6.07, 6.45) is 3.68. The van der Waals surface area contributed by atoms with E-state index in [1.165, 1.54) is 31.5 Å². The number of carbonyl (C=O) groups excluding carboxylic acids is 1. The Morgan fingerprint density at radius 1 is 1.00 bits per heavy atom. The second kappa shape index (κ2) is 9.20. The molecule has 0 unspecified atom stereocenters. The summed E-state index contributed by atoms with van der Waals surface area (Å²) < 4.78 is 0. The van der Waals surface area contributed by atoms with E-state index in [0.717, 1.165) is 45.7 Å². The molecule has 2 aliphatic heterocycles. The molecule has 0 aromatic heterocycles. The fourth-order valence-electron chi connectivity index (χ4n) is 3.81. The molecule has 0 saturated carbocycles.